The zero-order valence-corrected chi connectivity index (χ0v) is 10.3. The first kappa shape index (κ1) is 11.9. The number of hydrogen-bond donors (Lipinski definition) is 1. The van der Waals surface area contributed by atoms with Gasteiger partial charge in [-0.2, -0.15) is 0 Å². The maximum atomic E-state index is 5.77. The first-order chi connectivity index (χ1) is 8.33. The van der Waals surface area contributed by atoms with E-state index in [1.165, 1.54) is 5.56 Å². The molecular weight excluding hydrogens is 216 g/mol. The number of hydrogen-bond acceptors (Lipinski definition) is 4. The number of ether oxygens (including phenoxy) is 1. The van der Waals surface area contributed by atoms with Crippen molar-refractivity contribution >= 4 is 6.21 Å². The second kappa shape index (κ2) is 5.68. The van der Waals surface area contributed by atoms with Gasteiger partial charge in [0.25, 0.3) is 0 Å². The molecule has 0 fully saturated rings. The van der Waals surface area contributed by atoms with Crippen LogP contribution < -0.4 is 10.1 Å². The van der Waals surface area contributed by atoms with Crippen LogP contribution in [0.25, 0.3) is 0 Å². The van der Waals surface area contributed by atoms with E-state index in [-0.39, 0.29) is 6.23 Å². The molecule has 1 aliphatic rings. The van der Waals surface area contributed by atoms with Crippen molar-refractivity contribution in [2.45, 2.75) is 26.0 Å². The monoisotopic (exact) mass is 234 g/mol. The second-order valence-corrected chi connectivity index (χ2v) is 3.95. The predicted octanol–water partition coefficient (Wildman–Crippen LogP) is 1.93. The van der Waals surface area contributed by atoms with Gasteiger partial charge in [0.2, 0.25) is 0 Å². The third-order valence-corrected chi connectivity index (χ3v) is 2.76. The Labute approximate surface area is 102 Å². The maximum absolute atomic E-state index is 5.77. The summed E-state index contributed by atoms with van der Waals surface area (Å²) in [6.07, 6.45) is 3.88. The summed E-state index contributed by atoms with van der Waals surface area (Å²) in [5.41, 5.74) is 2.28. The first-order valence-electron chi connectivity index (χ1n) is 5.95. The Morgan fingerprint density at radius 2 is 2.47 bits per heavy atom. The van der Waals surface area contributed by atoms with Crippen LogP contribution in [0, 0.1) is 0 Å². The fourth-order valence-electron chi connectivity index (χ4n) is 1.86. The van der Waals surface area contributed by atoms with E-state index in [0.29, 0.717) is 6.61 Å². The highest BCUT2D eigenvalue weighted by molar-refractivity contribution is 5.79. The quantitative estimate of drug-likeness (QED) is 0.639. The van der Waals surface area contributed by atoms with Gasteiger partial charge in [-0.15, -0.1) is 0 Å². The molecule has 1 unspecified atom stereocenters. The van der Waals surface area contributed by atoms with E-state index in [2.05, 4.69) is 16.5 Å². The van der Waals surface area contributed by atoms with Gasteiger partial charge < -0.3 is 9.57 Å². The summed E-state index contributed by atoms with van der Waals surface area (Å²) < 4.78 is 5.77. The molecule has 1 aromatic rings. The number of fused-ring (bicyclic) bond motifs is 1. The molecule has 0 saturated heterocycles. The average Bonchev–Trinajstić information content (AvgIpc) is 2.38. The molecule has 92 valence electrons. The molecule has 0 amide bonds. The highest BCUT2D eigenvalue weighted by atomic mass is 16.6. The highest BCUT2D eigenvalue weighted by Crippen LogP contribution is 2.27. The van der Waals surface area contributed by atoms with Gasteiger partial charge >= 0.3 is 0 Å². The smallest absolute Gasteiger partial charge is 0.150 e. The molecular formula is C13H18N2O2. The van der Waals surface area contributed by atoms with Crippen LogP contribution in [0.15, 0.2) is 23.4 Å². The molecule has 0 aromatic heterocycles. The second-order valence-electron chi connectivity index (χ2n) is 3.95. The maximum Gasteiger partial charge on any atom is 0.150 e. The molecule has 0 spiro atoms. The van der Waals surface area contributed by atoms with Crippen molar-refractivity contribution in [3.63, 3.8) is 0 Å². The Hall–Kier alpha value is -1.55. The number of benzene rings is 1. The number of nitrogens with zero attached hydrogens (tertiary/aromatic N) is 1. The fourth-order valence-corrected chi connectivity index (χ4v) is 1.86. The largest absolute Gasteiger partial charge is 0.475 e. The lowest BCUT2D eigenvalue weighted by molar-refractivity contribution is 0.147. The van der Waals surface area contributed by atoms with Crippen molar-refractivity contribution < 1.29 is 9.57 Å². The van der Waals surface area contributed by atoms with Crippen molar-refractivity contribution in [2.24, 2.45) is 5.16 Å². The minimum absolute atomic E-state index is 0.130. The van der Waals surface area contributed by atoms with E-state index < -0.39 is 0 Å². The molecule has 1 aliphatic heterocycles. The van der Waals surface area contributed by atoms with Gasteiger partial charge in [0.15, 0.2) is 0 Å². The van der Waals surface area contributed by atoms with Crippen LogP contribution in [0.1, 0.15) is 24.5 Å². The summed E-state index contributed by atoms with van der Waals surface area (Å²) in [5, 5.41) is 6.99. The van der Waals surface area contributed by atoms with Gasteiger partial charge in [-0.25, -0.2) is 0 Å². The van der Waals surface area contributed by atoms with Gasteiger partial charge in [-0.3, -0.25) is 5.32 Å². The SMILES string of the molecule is CCO/N=C/c1ccc2c(c1)CCC(NC)O2. The predicted molar refractivity (Wildman–Crippen MR) is 67.5 cm³/mol. The summed E-state index contributed by atoms with van der Waals surface area (Å²) in [6.45, 7) is 2.50. The number of oxime groups is 1. The molecule has 4 heteroatoms. The molecule has 0 radical (unpaired) electrons. The van der Waals surface area contributed by atoms with E-state index >= 15 is 0 Å². The molecule has 0 bridgehead atoms. The van der Waals surface area contributed by atoms with Crippen molar-refractivity contribution in [3.8, 4) is 5.75 Å². The van der Waals surface area contributed by atoms with Gasteiger partial charge in [0, 0.05) is 6.42 Å². The third kappa shape index (κ3) is 2.97. The lowest BCUT2D eigenvalue weighted by atomic mass is 10.0. The Morgan fingerprint density at radius 3 is 3.24 bits per heavy atom. The van der Waals surface area contributed by atoms with Crippen molar-refractivity contribution in [3.05, 3.63) is 29.3 Å². The van der Waals surface area contributed by atoms with E-state index in [4.69, 9.17) is 9.57 Å². The van der Waals surface area contributed by atoms with Gasteiger partial charge in [0.1, 0.15) is 18.6 Å². The minimum Gasteiger partial charge on any atom is -0.475 e. The van der Waals surface area contributed by atoms with E-state index in [9.17, 15) is 0 Å². The molecule has 0 saturated carbocycles. The van der Waals surface area contributed by atoms with E-state index in [1.54, 1.807) is 6.21 Å². The Bertz CT molecular complexity index is 404. The van der Waals surface area contributed by atoms with Gasteiger partial charge in [0.05, 0.1) is 6.21 Å². The normalized spacial score (nSPS) is 18.8. The Morgan fingerprint density at radius 1 is 1.59 bits per heavy atom. The Balaban J connectivity index is 2.10. The molecule has 17 heavy (non-hydrogen) atoms. The topological polar surface area (TPSA) is 42.8 Å². The zero-order chi connectivity index (χ0) is 12.1. The van der Waals surface area contributed by atoms with Crippen LogP contribution in [0.4, 0.5) is 0 Å². The number of rotatable bonds is 4. The summed E-state index contributed by atoms with van der Waals surface area (Å²) in [7, 11) is 1.92. The standard InChI is InChI=1S/C13H18N2O2/c1-3-16-15-9-10-4-6-12-11(8-10)5-7-13(14-2)17-12/h4,6,8-9,13-14H,3,5,7H2,1-2H3/b15-9+. The van der Waals surface area contributed by atoms with Crippen LogP contribution in [0.5, 0.6) is 5.75 Å². The van der Waals surface area contributed by atoms with Crippen molar-refractivity contribution in [2.75, 3.05) is 13.7 Å². The molecule has 1 N–H and O–H groups in total. The summed E-state index contributed by atoms with van der Waals surface area (Å²) >= 11 is 0. The minimum atomic E-state index is 0.130. The lowest BCUT2D eigenvalue weighted by Crippen LogP contribution is -2.34. The highest BCUT2D eigenvalue weighted by Gasteiger charge is 2.17. The van der Waals surface area contributed by atoms with Crippen LogP contribution >= 0.6 is 0 Å². The van der Waals surface area contributed by atoms with Crippen molar-refractivity contribution in [1.29, 1.82) is 0 Å². The van der Waals surface area contributed by atoms with Crippen LogP contribution in [-0.4, -0.2) is 26.1 Å². The average molecular weight is 234 g/mol. The zero-order valence-electron chi connectivity index (χ0n) is 10.3. The van der Waals surface area contributed by atoms with Crippen LogP contribution in [-0.2, 0) is 11.3 Å². The molecule has 4 nitrogen and oxygen atoms in total. The summed E-state index contributed by atoms with van der Waals surface area (Å²) in [4.78, 5) is 4.94. The first-order valence-corrected chi connectivity index (χ1v) is 5.95. The summed E-state index contributed by atoms with van der Waals surface area (Å²) in [6, 6.07) is 6.08. The van der Waals surface area contributed by atoms with Gasteiger partial charge in [-0.1, -0.05) is 5.16 Å². The molecule has 1 heterocycles. The van der Waals surface area contributed by atoms with Gasteiger partial charge in [-0.05, 0) is 49.7 Å². The number of aryl methyl sites for hydroxylation is 1. The van der Waals surface area contributed by atoms with E-state index in [1.807, 2.05) is 26.1 Å². The molecule has 1 aromatic carbocycles. The molecule has 1 atom stereocenters. The van der Waals surface area contributed by atoms with Crippen LogP contribution in [0.2, 0.25) is 0 Å². The molecule has 0 aliphatic carbocycles. The molecule has 2 rings (SSSR count). The lowest BCUT2D eigenvalue weighted by Gasteiger charge is -2.25. The number of nitrogens with one attached hydrogen (secondary N) is 1. The third-order valence-electron chi connectivity index (χ3n) is 2.76. The summed E-state index contributed by atoms with van der Waals surface area (Å²) in [5.74, 6) is 0.962. The fraction of sp³-hybridized carbons (Fsp3) is 0.462. The van der Waals surface area contributed by atoms with Crippen molar-refractivity contribution in [1.82, 2.24) is 5.32 Å². The van der Waals surface area contributed by atoms with Crippen LogP contribution in [0.3, 0.4) is 0 Å². The Kier molecular flexibility index (Phi) is 3.98. The van der Waals surface area contributed by atoms with E-state index in [0.717, 1.165) is 24.2 Å².